The molecule has 0 radical (unpaired) electrons. The van der Waals surface area contributed by atoms with E-state index in [0.717, 1.165) is 8.95 Å². The lowest BCUT2D eigenvalue weighted by molar-refractivity contribution is 0.412. The molecule has 5 heteroatoms. The second-order valence-corrected chi connectivity index (χ2v) is 4.19. The van der Waals surface area contributed by atoms with Gasteiger partial charge in [0, 0.05) is 4.47 Å². The monoisotopic (exact) mass is 313 g/mol. The molecule has 0 amide bonds. The highest BCUT2D eigenvalue weighted by Crippen LogP contribution is 2.41. The molecular formula is C7H6Br2ClNO. The van der Waals surface area contributed by atoms with Crippen LogP contribution in [0.15, 0.2) is 15.0 Å². The van der Waals surface area contributed by atoms with Crippen molar-refractivity contribution in [2.24, 2.45) is 0 Å². The largest absolute Gasteiger partial charge is 0.494 e. The highest BCUT2D eigenvalue weighted by molar-refractivity contribution is 9.11. The van der Waals surface area contributed by atoms with E-state index in [1.807, 2.05) is 0 Å². The lowest BCUT2D eigenvalue weighted by Crippen LogP contribution is -1.93. The smallest absolute Gasteiger partial charge is 0.153 e. The number of ether oxygens (including phenoxy) is 1. The average molecular weight is 315 g/mol. The van der Waals surface area contributed by atoms with E-state index in [9.17, 15) is 0 Å². The van der Waals surface area contributed by atoms with E-state index < -0.39 is 0 Å². The van der Waals surface area contributed by atoms with Crippen LogP contribution in [0, 0.1) is 0 Å². The number of hydrogen-bond donors (Lipinski definition) is 1. The maximum absolute atomic E-state index is 5.89. The fourth-order valence-electron chi connectivity index (χ4n) is 0.774. The molecule has 0 fully saturated rings. The van der Waals surface area contributed by atoms with E-state index in [0.29, 0.717) is 16.5 Å². The van der Waals surface area contributed by atoms with E-state index in [2.05, 4.69) is 31.9 Å². The minimum absolute atomic E-state index is 0.416. The van der Waals surface area contributed by atoms with E-state index in [-0.39, 0.29) is 0 Å². The third-order valence-electron chi connectivity index (χ3n) is 1.37. The second-order valence-electron chi connectivity index (χ2n) is 2.10. The minimum atomic E-state index is 0.416. The molecule has 0 aromatic heterocycles. The predicted molar refractivity (Wildman–Crippen MR) is 57.8 cm³/mol. The molecule has 66 valence electrons. The first kappa shape index (κ1) is 10.2. The molecule has 0 heterocycles. The Hall–Kier alpha value is 0.0700. The van der Waals surface area contributed by atoms with Gasteiger partial charge >= 0.3 is 0 Å². The molecule has 0 saturated carbocycles. The number of methoxy groups -OCH3 is 1. The lowest BCUT2D eigenvalue weighted by atomic mass is 10.3. The number of benzene rings is 1. The molecule has 12 heavy (non-hydrogen) atoms. The predicted octanol–water partition coefficient (Wildman–Crippen LogP) is 3.46. The molecule has 0 unspecified atom stereocenters. The van der Waals surface area contributed by atoms with Crippen LogP contribution in [0.3, 0.4) is 0 Å². The third-order valence-corrected chi connectivity index (χ3v) is 2.99. The van der Waals surface area contributed by atoms with Gasteiger partial charge in [-0.25, -0.2) is 0 Å². The Bertz CT molecular complexity index is 317. The zero-order valence-electron chi connectivity index (χ0n) is 6.20. The fraction of sp³-hybridized carbons (Fsp3) is 0.143. The highest BCUT2D eigenvalue weighted by atomic mass is 79.9. The SMILES string of the molecule is COc1c(Br)cc(Br)c(N)c1Cl. The maximum Gasteiger partial charge on any atom is 0.153 e. The summed E-state index contributed by atoms with van der Waals surface area (Å²) in [5.41, 5.74) is 6.13. The number of anilines is 1. The minimum Gasteiger partial charge on any atom is -0.494 e. The van der Waals surface area contributed by atoms with Crippen molar-refractivity contribution in [1.82, 2.24) is 0 Å². The van der Waals surface area contributed by atoms with Crippen LogP contribution in [-0.4, -0.2) is 7.11 Å². The van der Waals surface area contributed by atoms with Crippen molar-refractivity contribution in [2.75, 3.05) is 12.8 Å². The normalized spacial score (nSPS) is 10.0. The summed E-state index contributed by atoms with van der Waals surface area (Å²) in [6, 6.07) is 1.79. The molecule has 0 bridgehead atoms. The molecule has 0 saturated heterocycles. The Kier molecular flexibility index (Phi) is 3.26. The van der Waals surface area contributed by atoms with Crippen LogP contribution in [0.4, 0.5) is 5.69 Å². The molecule has 0 spiro atoms. The van der Waals surface area contributed by atoms with Crippen molar-refractivity contribution in [1.29, 1.82) is 0 Å². The van der Waals surface area contributed by atoms with Crippen LogP contribution in [0.2, 0.25) is 5.02 Å². The van der Waals surface area contributed by atoms with E-state index in [1.165, 1.54) is 0 Å². The van der Waals surface area contributed by atoms with Gasteiger partial charge in [0.25, 0.3) is 0 Å². The topological polar surface area (TPSA) is 35.2 Å². The fourth-order valence-corrected chi connectivity index (χ4v) is 2.61. The zero-order valence-corrected chi connectivity index (χ0v) is 10.1. The number of nitrogen functional groups attached to an aromatic ring is 1. The van der Waals surface area contributed by atoms with Crippen LogP contribution in [0.1, 0.15) is 0 Å². The second kappa shape index (κ2) is 3.85. The zero-order chi connectivity index (χ0) is 9.30. The van der Waals surface area contributed by atoms with Gasteiger partial charge in [-0.1, -0.05) is 11.6 Å². The van der Waals surface area contributed by atoms with Gasteiger partial charge in [0.2, 0.25) is 0 Å². The Morgan fingerprint density at radius 1 is 1.42 bits per heavy atom. The molecule has 1 aromatic rings. The van der Waals surface area contributed by atoms with Crippen molar-refractivity contribution >= 4 is 49.1 Å². The Morgan fingerprint density at radius 3 is 2.50 bits per heavy atom. The quantitative estimate of drug-likeness (QED) is 0.806. The van der Waals surface area contributed by atoms with Crippen molar-refractivity contribution < 1.29 is 4.74 Å². The van der Waals surface area contributed by atoms with Crippen molar-refractivity contribution in [2.45, 2.75) is 0 Å². The summed E-state index contributed by atoms with van der Waals surface area (Å²) >= 11 is 12.5. The van der Waals surface area contributed by atoms with Crippen LogP contribution in [0.5, 0.6) is 5.75 Å². The van der Waals surface area contributed by atoms with E-state index >= 15 is 0 Å². The molecule has 0 aliphatic carbocycles. The molecule has 0 aliphatic rings. The number of rotatable bonds is 1. The standard InChI is InChI=1S/C7H6Br2ClNO/c1-12-7-4(9)2-3(8)6(11)5(7)10/h2H,11H2,1H3. The average Bonchev–Trinajstić information content (AvgIpc) is 2.01. The van der Waals surface area contributed by atoms with Gasteiger partial charge < -0.3 is 10.5 Å². The number of halogens is 3. The van der Waals surface area contributed by atoms with Crippen LogP contribution in [-0.2, 0) is 0 Å². The first-order valence-electron chi connectivity index (χ1n) is 3.05. The van der Waals surface area contributed by atoms with Gasteiger partial charge in [0.05, 0.1) is 17.3 Å². The summed E-state index contributed by atoms with van der Waals surface area (Å²) in [6.45, 7) is 0. The summed E-state index contributed by atoms with van der Waals surface area (Å²) in [5, 5.41) is 0.416. The summed E-state index contributed by atoms with van der Waals surface area (Å²) in [5.74, 6) is 0.553. The maximum atomic E-state index is 5.89. The summed E-state index contributed by atoms with van der Waals surface area (Å²) in [6.07, 6.45) is 0. The molecule has 1 rings (SSSR count). The number of hydrogen-bond acceptors (Lipinski definition) is 2. The third kappa shape index (κ3) is 1.70. The highest BCUT2D eigenvalue weighted by Gasteiger charge is 2.11. The summed E-state index contributed by atoms with van der Waals surface area (Å²) < 4.78 is 6.56. The van der Waals surface area contributed by atoms with Gasteiger partial charge in [-0.15, -0.1) is 0 Å². The lowest BCUT2D eigenvalue weighted by Gasteiger charge is -2.09. The van der Waals surface area contributed by atoms with Gasteiger partial charge in [0.15, 0.2) is 5.75 Å². The first-order chi connectivity index (χ1) is 5.57. The van der Waals surface area contributed by atoms with E-state index in [4.69, 9.17) is 22.1 Å². The number of nitrogens with two attached hydrogens (primary N) is 1. The van der Waals surface area contributed by atoms with Crippen LogP contribution >= 0.6 is 43.5 Å². The summed E-state index contributed by atoms with van der Waals surface area (Å²) in [7, 11) is 1.54. The Labute approximate surface area is 92.3 Å². The van der Waals surface area contributed by atoms with Crippen molar-refractivity contribution in [3.63, 3.8) is 0 Å². The Balaban J connectivity index is 3.40. The molecule has 0 aliphatic heterocycles. The van der Waals surface area contributed by atoms with Crippen molar-refractivity contribution in [3.8, 4) is 5.75 Å². The molecule has 2 nitrogen and oxygen atoms in total. The van der Waals surface area contributed by atoms with Crippen LogP contribution in [0.25, 0.3) is 0 Å². The van der Waals surface area contributed by atoms with Gasteiger partial charge in [-0.05, 0) is 37.9 Å². The molecule has 1 aromatic carbocycles. The molecular weight excluding hydrogens is 309 g/mol. The Morgan fingerprint density at radius 2 is 2.00 bits per heavy atom. The molecule has 0 atom stereocenters. The van der Waals surface area contributed by atoms with Gasteiger partial charge in [0.1, 0.15) is 5.02 Å². The van der Waals surface area contributed by atoms with Gasteiger partial charge in [-0.2, -0.15) is 0 Å². The summed E-state index contributed by atoms with van der Waals surface area (Å²) in [4.78, 5) is 0. The van der Waals surface area contributed by atoms with Crippen LogP contribution < -0.4 is 10.5 Å². The van der Waals surface area contributed by atoms with Gasteiger partial charge in [-0.3, -0.25) is 0 Å². The van der Waals surface area contributed by atoms with Crippen molar-refractivity contribution in [3.05, 3.63) is 20.0 Å². The van der Waals surface area contributed by atoms with E-state index in [1.54, 1.807) is 13.2 Å². The molecule has 2 N–H and O–H groups in total. The first-order valence-corrected chi connectivity index (χ1v) is 5.01.